The molecule has 0 aliphatic heterocycles. The molecule has 104 valence electrons. The first-order chi connectivity index (χ1) is 9.47. The summed E-state index contributed by atoms with van der Waals surface area (Å²) in [4.78, 5) is 11.1. The van der Waals surface area contributed by atoms with Gasteiger partial charge in [-0.15, -0.1) is 0 Å². The summed E-state index contributed by atoms with van der Waals surface area (Å²) >= 11 is 0. The Bertz CT molecular complexity index is 653. The Morgan fingerprint density at radius 3 is 2.50 bits per heavy atom. The number of carbonyl (C=O) groups excluding carboxylic acids is 1. The molecule has 4 heteroatoms. The molecule has 3 nitrogen and oxygen atoms in total. The van der Waals surface area contributed by atoms with Gasteiger partial charge >= 0.3 is 0 Å². The molecule has 2 aromatic carbocycles. The molecule has 0 aliphatic carbocycles. The van der Waals surface area contributed by atoms with E-state index in [9.17, 15) is 9.18 Å². The number of hydrogen-bond acceptors (Lipinski definition) is 2. The normalized spacial score (nSPS) is 10.3. The maximum Gasteiger partial charge on any atom is 0.248 e. The molecule has 1 amide bonds. The van der Waals surface area contributed by atoms with Crippen molar-refractivity contribution in [2.75, 3.05) is 5.32 Å². The second-order valence-corrected chi connectivity index (χ2v) is 4.83. The molecule has 0 radical (unpaired) electrons. The highest BCUT2D eigenvalue weighted by atomic mass is 19.1. The first-order valence-electron chi connectivity index (χ1n) is 6.36. The third kappa shape index (κ3) is 3.15. The summed E-state index contributed by atoms with van der Waals surface area (Å²) in [5, 5.41) is 3.22. The highest BCUT2D eigenvalue weighted by molar-refractivity contribution is 5.93. The molecule has 0 spiro atoms. The number of nitrogens with two attached hydrogens (primary N) is 1. The molecular weight excluding hydrogens is 255 g/mol. The van der Waals surface area contributed by atoms with Gasteiger partial charge in [-0.25, -0.2) is 4.39 Å². The minimum atomic E-state index is -0.444. The van der Waals surface area contributed by atoms with Crippen LogP contribution in [0.4, 0.5) is 10.1 Å². The molecule has 20 heavy (non-hydrogen) atoms. The van der Waals surface area contributed by atoms with Gasteiger partial charge in [0.1, 0.15) is 5.82 Å². The van der Waals surface area contributed by atoms with Gasteiger partial charge in [0.15, 0.2) is 0 Å². The lowest BCUT2D eigenvalue weighted by Crippen LogP contribution is -2.11. The van der Waals surface area contributed by atoms with Gasteiger partial charge in [-0.1, -0.05) is 12.1 Å². The largest absolute Gasteiger partial charge is 0.381 e. The van der Waals surface area contributed by atoms with E-state index in [2.05, 4.69) is 5.32 Å². The number of benzene rings is 2. The third-order valence-electron chi connectivity index (χ3n) is 3.23. The summed E-state index contributed by atoms with van der Waals surface area (Å²) in [6.07, 6.45) is 0. The molecule has 0 atom stereocenters. The van der Waals surface area contributed by atoms with Crippen LogP contribution in [-0.4, -0.2) is 5.91 Å². The van der Waals surface area contributed by atoms with Gasteiger partial charge < -0.3 is 11.1 Å². The lowest BCUT2D eigenvalue weighted by Gasteiger charge is -2.11. The fraction of sp³-hybridized carbons (Fsp3) is 0.188. The fourth-order valence-corrected chi connectivity index (χ4v) is 1.96. The molecule has 0 saturated carbocycles. The zero-order valence-electron chi connectivity index (χ0n) is 11.5. The molecule has 2 aromatic rings. The number of halogens is 1. The number of carbonyl (C=O) groups is 1. The van der Waals surface area contributed by atoms with Crippen molar-refractivity contribution in [3.8, 4) is 0 Å². The van der Waals surface area contributed by atoms with Crippen molar-refractivity contribution in [1.82, 2.24) is 0 Å². The summed E-state index contributed by atoms with van der Waals surface area (Å²) < 4.78 is 13.4. The van der Waals surface area contributed by atoms with Gasteiger partial charge in [0, 0.05) is 17.8 Å². The van der Waals surface area contributed by atoms with Crippen molar-refractivity contribution < 1.29 is 9.18 Å². The van der Waals surface area contributed by atoms with Crippen molar-refractivity contribution in [1.29, 1.82) is 0 Å². The molecule has 0 unspecified atom stereocenters. The first kappa shape index (κ1) is 14.1. The number of primary amides is 1. The summed E-state index contributed by atoms with van der Waals surface area (Å²) in [5.74, 6) is -0.648. The summed E-state index contributed by atoms with van der Waals surface area (Å²) in [7, 11) is 0. The molecule has 0 aromatic heterocycles. The van der Waals surface area contributed by atoms with Crippen LogP contribution < -0.4 is 11.1 Å². The zero-order chi connectivity index (χ0) is 14.7. The van der Waals surface area contributed by atoms with Crippen LogP contribution in [0.5, 0.6) is 0 Å². The van der Waals surface area contributed by atoms with Crippen LogP contribution in [0.1, 0.15) is 27.0 Å². The minimum absolute atomic E-state index is 0.204. The SMILES string of the molecule is Cc1ccc(CNc2ccc(C(N)=O)cc2C)cc1F. The maximum absolute atomic E-state index is 13.4. The Labute approximate surface area is 117 Å². The van der Waals surface area contributed by atoms with E-state index in [4.69, 9.17) is 5.73 Å². The van der Waals surface area contributed by atoms with E-state index >= 15 is 0 Å². The Kier molecular flexibility index (Phi) is 4.03. The quantitative estimate of drug-likeness (QED) is 0.898. The average Bonchev–Trinajstić information content (AvgIpc) is 2.41. The predicted molar refractivity (Wildman–Crippen MR) is 78.2 cm³/mol. The monoisotopic (exact) mass is 272 g/mol. The number of amides is 1. The van der Waals surface area contributed by atoms with Gasteiger partial charge in [-0.3, -0.25) is 4.79 Å². The van der Waals surface area contributed by atoms with Crippen LogP contribution >= 0.6 is 0 Å². The molecule has 0 fully saturated rings. The minimum Gasteiger partial charge on any atom is -0.381 e. The van der Waals surface area contributed by atoms with Gasteiger partial charge in [0.05, 0.1) is 0 Å². The molecule has 0 bridgehead atoms. The van der Waals surface area contributed by atoms with E-state index in [0.29, 0.717) is 17.7 Å². The first-order valence-corrected chi connectivity index (χ1v) is 6.36. The molecule has 2 rings (SSSR count). The lowest BCUT2D eigenvalue weighted by atomic mass is 10.1. The maximum atomic E-state index is 13.4. The second kappa shape index (κ2) is 5.74. The van der Waals surface area contributed by atoms with Crippen molar-refractivity contribution in [3.63, 3.8) is 0 Å². The van der Waals surface area contributed by atoms with Crippen LogP contribution in [0.2, 0.25) is 0 Å². The standard InChI is InChI=1S/C16H17FN2O/c1-10-3-4-12(8-14(10)17)9-19-15-6-5-13(16(18)20)7-11(15)2/h3-8,19H,9H2,1-2H3,(H2,18,20). The van der Waals surface area contributed by atoms with E-state index in [1.807, 2.05) is 13.0 Å². The average molecular weight is 272 g/mol. The molecular formula is C16H17FN2O. The highest BCUT2D eigenvalue weighted by Gasteiger charge is 2.05. The number of aryl methyl sites for hydroxylation is 2. The third-order valence-corrected chi connectivity index (χ3v) is 3.23. The van der Waals surface area contributed by atoms with Crippen molar-refractivity contribution in [2.24, 2.45) is 5.73 Å². The number of nitrogens with one attached hydrogen (secondary N) is 1. The van der Waals surface area contributed by atoms with Gasteiger partial charge in [-0.2, -0.15) is 0 Å². The topological polar surface area (TPSA) is 55.1 Å². The number of hydrogen-bond donors (Lipinski definition) is 2. The Hall–Kier alpha value is -2.36. The Balaban J connectivity index is 2.10. The van der Waals surface area contributed by atoms with Gasteiger partial charge in [-0.05, 0) is 54.8 Å². The van der Waals surface area contributed by atoms with Crippen molar-refractivity contribution >= 4 is 11.6 Å². The second-order valence-electron chi connectivity index (χ2n) is 4.83. The summed E-state index contributed by atoms with van der Waals surface area (Å²) in [6, 6.07) is 10.4. The van der Waals surface area contributed by atoms with Gasteiger partial charge in [0.25, 0.3) is 0 Å². The lowest BCUT2D eigenvalue weighted by molar-refractivity contribution is 0.1000. The van der Waals surface area contributed by atoms with Crippen LogP contribution in [-0.2, 0) is 6.54 Å². The van der Waals surface area contributed by atoms with E-state index in [1.165, 1.54) is 6.07 Å². The highest BCUT2D eigenvalue weighted by Crippen LogP contribution is 2.18. The molecule has 0 aliphatic rings. The number of anilines is 1. The Morgan fingerprint density at radius 2 is 1.90 bits per heavy atom. The van der Waals surface area contributed by atoms with E-state index in [1.54, 1.807) is 31.2 Å². The smallest absolute Gasteiger partial charge is 0.248 e. The van der Waals surface area contributed by atoms with Crippen LogP contribution in [0.25, 0.3) is 0 Å². The Morgan fingerprint density at radius 1 is 1.15 bits per heavy atom. The predicted octanol–water partition coefficient (Wildman–Crippen LogP) is 3.15. The van der Waals surface area contributed by atoms with E-state index in [0.717, 1.165) is 16.8 Å². The van der Waals surface area contributed by atoms with E-state index < -0.39 is 5.91 Å². The zero-order valence-corrected chi connectivity index (χ0v) is 11.5. The fourth-order valence-electron chi connectivity index (χ4n) is 1.96. The summed E-state index contributed by atoms with van der Waals surface area (Å²) in [5.41, 5.74) is 9.03. The van der Waals surface area contributed by atoms with Gasteiger partial charge in [0.2, 0.25) is 5.91 Å². The van der Waals surface area contributed by atoms with Crippen molar-refractivity contribution in [2.45, 2.75) is 20.4 Å². The van der Waals surface area contributed by atoms with Crippen LogP contribution in [0, 0.1) is 19.7 Å². The molecule has 0 saturated heterocycles. The van der Waals surface area contributed by atoms with Crippen LogP contribution in [0.3, 0.4) is 0 Å². The van der Waals surface area contributed by atoms with Crippen LogP contribution in [0.15, 0.2) is 36.4 Å². The summed E-state index contributed by atoms with van der Waals surface area (Å²) in [6.45, 7) is 4.15. The number of rotatable bonds is 4. The van der Waals surface area contributed by atoms with E-state index in [-0.39, 0.29) is 5.82 Å². The molecule has 3 N–H and O–H groups in total. The van der Waals surface area contributed by atoms with Crippen molar-refractivity contribution in [3.05, 3.63) is 64.5 Å². The molecule has 0 heterocycles.